The molecule has 0 bridgehead atoms. The molecule has 0 aliphatic carbocycles. The van der Waals surface area contributed by atoms with Gasteiger partial charge in [-0.3, -0.25) is 4.98 Å². The van der Waals surface area contributed by atoms with E-state index in [1.54, 1.807) is 12.4 Å². The van der Waals surface area contributed by atoms with E-state index < -0.39 is 0 Å². The summed E-state index contributed by atoms with van der Waals surface area (Å²) in [4.78, 5) is 4.05. The van der Waals surface area contributed by atoms with Crippen LogP contribution in [0.5, 0.6) is 11.5 Å². The Morgan fingerprint density at radius 2 is 1.54 bits per heavy atom. The third-order valence-corrected chi connectivity index (χ3v) is 4.99. The summed E-state index contributed by atoms with van der Waals surface area (Å²) in [6.45, 7) is 6.71. The molecule has 28 heavy (non-hydrogen) atoms. The van der Waals surface area contributed by atoms with Crippen LogP contribution in [0.2, 0.25) is 0 Å². The lowest BCUT2D eigenvalue weighted by Gasteiger charge is -2.23. The van der Waals surface area contributed by atoms with Gasteiger partial charge in [0.15, 0.2) is 5.11 Å². The van der Waals surface area contributed by atoms with Crippen molar-refractivity contribution < 1.29 is 4.74 Å². The van der Waals surface area contributed by atoms with Crippen molar-refractivity contribution in [1.29, 1.82) is 0 Å². The Hall–Kier alpha value is -2.92. The molecule has 3 aromatic rings. The smallest absolute Gasteiger partial charge is 0.175 e. The third kappa shape index (κ3) is 5.30. The van der Waals surface area contributed by atoms with Gasteiger partial charge in [-0.15, -0.1) is 0 Å². The molecule has 2 aromatic carbocycles. The summed E-state index contributed by atoms with van der Waals surface area (Å²) in [5.74, 6) is 1.60. The lowest BCUT2D eigenvalue weighted by atomic mass is 9.82. The van der Waals surface area contributed by atoms with Gasteiger partial charge in [-0.1, -0.05) is 32.9 Å². The second kappa shape index (κ2) is 8.85. The molecule has 0 aliphatic rings. The highest BCUT2D eigenvalue weighted by Crippen LogP contribution is 2.29. The van der Waals surface area contributed by atoms with Gasteiger partial charge >= 0.3 is 0 Å². The SMILES string of the molecule is CCC(C)(C)c1ccc(Oc2ccc(NC(=S)Nc3cccnc3)cc2)cc1. The van der Waals surface area contributed by atoms with Gasteiger partial charge in [0, 0.05) is 11.9 Å². The first-order chi connectivity index (χ1) is 13.5. The highest BCUT2D eigenvalue weighted by molar-refractivity contribution is 7.80. The van der Waals surface area contributed by atoms with Crippen LogP contribution in [0.15, 0.2) is 73.1 Å². The van der Waals surface area contributed by atoms with E-state index in [1.165, 1.54) is 5.56 Å². The van der Waals surface area contributed by atoms with Crippen LogP contribution in [0.1, 0.15) is 32.8 Å². The Morgan fingerprint density at radius 1 is 0.929 bits per heavy atom. The Balaban J connectivity index is 1.58. The quantitative estimate of drug-likeness (QED) is 0.478. The number of rotatable bonds is 6. The lowest BCUT2D eigenvalue weighted by Crippen LogP contribution is -2.18. The number of benzene rings is 2. The van der Waals surface area contributed by atoms with Crippen molar-refractivity contribution in [2.75, 3.05) is 10.6 Å². The van der Waals surface area contributed by atoms with E-state index in [-0.39, 0.29) is 5.41 Å². The molecule has 0 amide bonds. The summed E-state index contributed by atoms with van der Waals surface area (Å²) in [7, 11) is 0. The van der Waals surface area contributed by atoms with E-state index in [1.807, 2.05) is 48.5 Å². The van der Waals surface area contributed by atoms with E-state index in [0.717, 1.165) is 29.3 Å². The molecule has 0 saturated heterocycles. The summed E-state index contributed by atoms with van der Waals surface area (Å²) < 4.78 is 5.95. The Labute approximate surface area is 172 Å². The second-order valence-electron chi connectivity index (χ2n) is 7.21. The van der Waals surface area contributed by atoms with Gasteiger partial charge in [-0.05, 0) is 78.1 Å². The van der Waals surface area contributed by atoms with E-state index in [4.69, 9.17) is 17.0 Å². The molecular formula is C23H25N3OS. The maximum absolute atomic E-state index is 5.95. The standard InChI is InChI=1S/C23H25N3OS/c1-4-23(2,3)17-7-11-20(12-8-17)27-21-13-9-18(10-14-21)25-22(28)26-19-6-5-15-24-16-19/h5-16H,4H2,1-3H3,(H2,25,26,28). The molecule has 0 saturated carbocycles. The molecule has 1 aromatic heterocycles. The summed E-state index contributed by atoms with van der Waals surface area (Å²) in [5.41, 5.74) is 3.22. The second-order valence-corrected chi connectivity index (χ2v) is 7.62. The molecule has 2 N–H and O–H groups in total. The predicted octanol–water partition coefficient (Wildman–Crippen LogP) is 6.37. The van der Waals surface area contributed by atoms with Gasteiger partial charge in [-0.2, -0.15) is 0 Å². The summed E-state index contributed by atoms with van der Waals surface area (Å²) in [5, 5.41) is 6.75. The van der Waals surface area contributed by atoms with Crippen molar-refractivity contribution in [1.82, 2.24) is 4.98 Å². The zero-order chi connectivity index (χ0) is 20.0. The molecule has 3 rings (SSSR count). The van der Waals surface area contributed by atoms with E-state index in [0.29, 0.717) is 5.11 Å². The maximum atomic E-state index is 5.95. The van der Waals surface area contributed by atoms with E-state index in [2.05, 4.69) is 48.5 Å². The number of aromatic nitrogens is 1. The van der Waals surface area contributed by atoms with E-state index >= 15 is 0 Å². The van der Waals surface area contributed by atoms with E-state index in [9.17, 15) is 0 Å². The molecule has 0 unspecified atom stereocenters. The summed E-state index contributed by atoms with van der Waals surface area (Å²) in [6, 6.07) is 19.8. The first kappa shape index (κ1) is 19.8. The highest BCUT2D eigenvalue weighted by atomic mass is 32.1. The van der Waals surface area contributed by atoms with Crippen LogP contribution in [0.3, 0.4) is 0 Å². The fraction of sp³-hybridized carbons (Fsp3) is 0.217. The van der Waals surface area contributed by atoms with Crippen LogP contribution in [-0.4, -0.2) is 10.1 Å². The summed E-state index contributed by atoms with van der Waals surface area (Å²) in [6.07, 6.45) is 4.54. The number of hydrogen-bond acceptors (Lipinski definition) is 3. The molecule has 5 heteroatoms. The molecule has 1 heterocycles. The lowest BCUT2D eigenvalue weighted by molar-refractivity contribution is 0.478. The molecule has 0 radical (unpaired) electrons. The number of hydrogen-bond donors (Lipinski definition) is 2. The van der Waals surface area contributed by atoms with Gasteiger partial charge in [0.05, 0.1) is 11.9 Å². The van der Waals surface area contributed by atoms with Crippen LogP contribution < -0.4 is 15.4 Å². The Bertz CT molecular complexity index is 907. The molecule has 0 fully saturated rings. The van der Waals surface area contributed by atoms with Crippen molar-refractivity contribution in [3.8, 4) is 11.5 Å². The van der Waals surface area contributed by atoms with Gasteiger partial charge in [0.25, 0.3) is 0 Å². The molecule has 0 aliphatic heterocycles. The Kier molecular flexibility index (Phi) is 6.26. The maximum Gasteiger partial charge on any atom is 0.175 e. The average molecular weight is 392 g/mol. The zero-order valence-corrected chi connectivity index (χ0v) is 17.2. The van der Waals surface area contributed by atoms with Crippen molar-refractivity contribution in [3.63, 3.8) is 0 Å². The highest BCUT2D eigenvalue weighted by Gasteiger charge is 2.17. The minimum absolute atomic E-state index is 0.175. The number of nitrogens with zero attached hydrogens (tertiary/aromatic N) is 1. The van der Waals surface area contributed by atoms with Crippen LogP contribution >= 0.6 is 12.2 Å². The minimum Gasteiger partial charge on any atom is -0.457 e. The third-order valence-electron chi connectivity index (χ3n) is 4.79. The molecule has 4 nitrogen and oxygen atoms in total. The van der Waals surface area contributed by atoms with Crippen molar-refractivity contribution in [2.24, 2.45) is 0 Å². The van der Waals surface area contributed by atoms with Crippen molar-refractivity contribution in [2.45, 2.75) is 32.6 Å². The average Bonchev–Trinajstić information content (AvgIpc) is 2.70. The fourth-order valence-electron chi connectivity index (χ4n) is 2.65. The van der Waals surface area contributed by atoms with Crippen LogP contribution in [0.4, 0.5) is 11.4 Å². The molecule has 0 spiro atoms. The summed E-state index contributed by atoms with van der Waals surface area (Å²) >= 11 is 5.33. The first-order valence-corrected chi connectivity index (χ1v) is 9.73. The zero-order valence-electron chi connectivity index (χ0n) is 16.4. The normalized spacial score (nSPS) is 11.0. The predicted molar refractivity (Wildman–Crippen MR) is 120 cm³/mol. The van der Waals surface area contributed by atoms with Crippen molar-refractivity contribution in [3.05, 3.63) is 78.6 Å². The number of pyridine rings is 1. The molecule has 144 valence electrons. The monoisotopic (exact) mass is 391 g/mol. The number of anilines is 2. The van der Waals surface area contributed by atoms with Gasteiger partial charge in [0.2, 0.25) is 0 Å². The van der Waals surface area contributed by atoms with Crippen LogP contribution in [-0.2, 0) is 5.41 Å². The van der Waals surface area contributed by atoms with Gasteiger partial charge in [0.1, 0.15) is 11.5 Å². The largest absolute Gasteiger partial charge is 0.457 e. The minimum atomic E-state index is 0.175. The van der Waals surface area contributed by atoms with Crippen molar-refractivity contribution >= 4 is 28.7 Å². The number of thiocarbonyl (C=S) groups is 1. The van der Waals surface area contributed by atoms with Gasteiger partial charge < -0.3 is 15.4 Å². The fourth-order valence-corrected chi connectivity index (χ4v) is 2.89. The Morgan fingerprint density at radius 3 is 2.11 bits per heavy atom. The number of nitrogens with one attached hydrogen (secondary N) is 2. The van der Waals surface area contributed by atoms with Crippen LogP contribution in [0, 0.1) is 0 Å². The molecular weight excluding hydrogens is 366 g/mol. The first-order valence-electron chi connectivity index (χ1n) is 9.33. The van der Waals surface area contributed by atoms with Crippen LogP contribution in [0.25, 0.3) is 0 Å². The topological polar surface area (TPSA) is 46.2 Å². The number of ether oxygens (including phenoxy) is 1. The molecule has 0 atom stereocenters. The van der Waals surface area contributed by atoms with Gasteiger partial charge in [-0.25, -0.2) is 0 Å².